The number of hydrogen-bond donors (Lipinski definition) is 0. The molecule has 1 unspecified atom stereocenters. The smallest absolute Gasteiger partial charge is 0.237 e. The summed E-state index contributed by atoms with van der Waals surface area (Å²) in [6.07, 6.45) is 7.00. The van der Waals surface area contributed by atoms with Crippen LogP contribution in [0.5, 0.6) is 0 Å². The maximum atomic E-state index is 11.6. The predicted octanol–water partition coefficient (Wildman–Crippen LogP) is 2.52. The van der Waals surface area contributed by atoms with Gasteiger partial charge in [0.2, 0.25) is 15.0 Å². The van der Waals surface area contributed by atoms with Crippen LogP contribution in [0.25, 0.3) is 0 Å². The Hall–Kier alpha value is -0.290. The molecule has 1 rings (SSSR count). The second kappa shape index (κ2) is 7.34. The summed E-state index contributed by atoms with van der Waals surface area (Å²) in [4.78, 5) is 13.2. The van der Waals surface area contributed by atoms with Gasteiger partial charge in [-0.2, -0.15) is 0 Å². The molecule has 0 radical (unpaired) electrons. The largest absolute Gasteiger partial charge is 0.341 e. The van der Waals surface area contributed by atoms with Gasteiger partial charge in [0.1, 0.15) is 5.25 Å². The number of likely N-dealkylation sites (tertiary alicyclic amines) is 1. The molecule has 1 saturated heterocycles. The molecule has 0 spiro atoms. The van der Waals surface area contributed by atoms with Crippen molar-refractivity contribution in [2.24, 2.45) is 0 Å². The van der Waals surface area contributed by atoms with E-state index in [4.69, 9.17) is 10.7 Å². The van der Waals surface area contributed by atoms with Crippen molar-refractivity contribution in [1.29, 1.82) is 0 Å². The van der Waals surface area contributed by atoms with Crippen LogP contribution in [-0.4, -0.2) is 37.6 Å². The third kappa shape index (κ3) is 5.14. The lowest BCUT2D eigenvalue weighted by Crippen LogP contribution is -2.28. The highest BCUT2D eigenvalue weighted by atomic mass is 35.7. The molecule has 4 nitrogen and oxygen atoms in total. The van der Waals surface area contributed by atoms with Gasteiger partial charge in [-0.05, 0) is 6.42 Å². The summed E-state index contributed by atoms with van der Waals surface area (Å²) in [5, 5.41) is -0.716. The molecule has 0 aromatic rings. The number of halogens is 1. The van der Waals surface area contributed by atoms with Gasteiger partial charge in [0.15, 0.2) is 0 Å². The predicted molar refractivity (Wildman–Crippen MR) is 73.1 cm³/mol. The molecular formula is C12H22ClNO3S. The first-order valence-electron chi connectivity index (χ1n) is 6.66. The zero-order chi connectivity index (χ0) is 13.6. The molecule has 1 amide bonds. The van der Waals surface area contributed by atoms with Gasteiger partial charge in [-0.3, -0.25) is 4.79 Å². The van der Waals surface area contributed by atoms with E-state index in [2.05, 4.69) is 6.92 Å². The van der Waals surface area contributed by atoms with E-state index in [9.17, 15) is 13.2 Å². The van der Waals surface area contributed by atoms with Crippen molar-refractivity contribution in [2.75, 3.05) is 13.1 Å². The van der Waals surface area contributed by atoms with E-state index >= 15 is 0 Å². The highest BCUT2D eigenvalue weighted by molar-refractivity contribution is 8.14. The first-order chi connectivity index (χ1) is 8.45. The molecule has 0 aromatic carbocycles. The second-order valence-corrected chi connectivity index (χ2v) is 7.82. The quantitative estimate of drug-likeness (QED) is 0.511. The Morgan fingerprint density at radius 3 is 2.39 bits per heavy atom. The second-order valence-electron chi connectivity index (χ2n) is 4.91. The van der Waals surface area contributed by atoms with Crippen molar-refractivity contribution in [3.8, 4) is 0 Å². The lowest BCUT2D eigenvalue weighted by Gasteiger charge is -2.15. The Morgan fingerprint density at radius 1 is 1.22 bits per heavy atom. The molecule has 0 aliphatic carbocycles. The Balaban J connectivity index is 2.22. The number of amides is 1. The van der Waals surface area contributed by atoms with Gasteiger partial charge in [0.25, 0.3) is 0 Å². The minimum atomic E-state index is -3.60. The van der Waals surface area contributed by atoms with Crippen LogP contribution in [0, 0.1) is 0 Å². The number of nitrogens with zero attached hydrogens (tertiary/aromatic N) is 1. The van der Waals surface area contributed by atoms with Crippen LogP contribution in [0.3, 0.4) is 0 Å². The summed E-state index contributed by atoms with van der Waals surface area (Å²) < 4.78 is 22.3. The lowest BCUT2D eigenvalue weighted by atomic mass is 10.1. The standard InChI is InChI=1S/C12H22ClNO3S/c1-2-3-4-5-6-7-8-14-10-11(9-12(14)15)18(13,16)17/h11H,2-10H2,1H3. The maximum Gasteiger partial charge on any atom is 0.237 e. The minimum absolute atomic E-state index is 0.0433. The number of rotatable bonds is 8. The van der Waals surface area contributed by atoms with Crippen LogP contribution >= 0.6 is 10.7 Å². The fraction of sp³-hybridized carbons (Fsp3) is 0.917. The summed E-state index contributed by atoms with van der Waals surface area (Å²) in [7, 11) is 1.68. The average Bonchev–Trinajstić information content (AvgIpc) is 2.65. The van der Waals surface area contributed by atoms with Crippen LogP contribution < -0.4 is 0 Å². The molecular weight excluding hydrogens is 274 g/mol. The van der Waals surface area contributed by atoms with Crippen molar-refractivity contribution in [2.45, 2.75) is 57.1 Å². The lowest BCUT2D eigenvalue weighted by molar-refractivity contribution is -0.127. The SMILES string of the molecule is CCCCCCCCN1CC(S(=O)(=O)Cl)CC1=O. The molecule has 0 N–H and O–H groups in total. The van der Waals surface area contributed by atoms with Gasteiger partial charge in [0.05, 0.1) is 0 Å². The van der Waals surface area contributed by atoms with Crippen molar-refractivity contribution >= 4 is 25.6 Å². The van der Waals surface area contributed by atoms with E-state index in [-0.39, 0.29) is 18.9 Å². The van der Waals surface area contributed by atoms with E-state index in [0.717, 1.165) is 12.8 Å². The molecule has 1 aliphatic rings. The number of hydrogen-bond acceptors (Lipinski definition) is 3. The molecule has 1 heterocycles. The molecule has 1 aliphatic heterocycles. The molecule has 18 heavy (non-hydrogen) atoms. The fourth-order valence-corrected chi connectivity index (χ4v) is 3.28. The molecule has 6 heteroatoms. The molecule has 0 aromatic heterocycles. The third-order valence-corrected chi connectivity index (χ3v) is 5.23. The number of carbonyl (C=O) groups excluding carboxylic acids is 1. The first kappa shape index (κ1) is 15.8. The van der Waals surface area contributed by atoms with Gasteiger partial charge in [-0.15, -0.1) is 0 Å². The fourth-order valence-electron chi connectivity index (χ4n) is 2.22. The number of carbonyl (C=O) groups is 1. The zero-order valence-corrected chi connectivity index (χ0v) is 12.5. The van der Waals surface area contributed by atoms with Crippen molar-refractivity contribution in [3.05, 3.63) is 0 Å². The van der Waals surface area contributed by atoms with Gasteiger partial charge in [0, 0.05) is 30.2 Å². The van der Waals surface area contributed by atoms with Crippen molar-refractivity contribution in [3.63, 3.8) is 0 Å². The Morgan fingerprint density at radius 2 is 1.83 bits per heavy atom. The van der Waals surface area contributed by atoms with E-state index < -0.39 is 14.3 Å². The van der Waals surface area contributed by atoms with Crippen LogP contribution in [-0.2, 0) is 13.8 Å². The minimum Gasteiger partial charge on any atom is -0.341 e. The highest BCUT2D eigenvalue weighted by Crippen LogP contribution is 2.21. The summed E-state index contributed by atoms with van der Waals surface area (Å²) in [6.45, 7) is 3.10. The number of unbranched alkanes of at least 4 members (excludes halogenated alkanes) is 5. The van der Waals surface area contributed by atoms with Crippen LogP contribution in [0.2, 0.25) is 0 Å². The van der Waals surface area contributed by atoms with Crippen molar-refractivity contribution < 1.29 is 13.2 Å². The molecule has 1 fully saturated rings. The third-order valence-electron chi connectivity index (χ3n) is 3.36. The van der Waals surface area contributed by atoms with Gasteiger partial charge < -0.3 is 4.90 Å². The Kier molecular flexibility index (Phi) is 6.43. The molecule has 0 bridgehead atoms. The first-order valence-corrected chi connectivity index (χ1v) is 9.03. The monoisotopic (exact) mass is 295 g/mol. The topological polar surface area (TPSA) is 54.5 Å². The zero-order valence-electron chi connectivity index (χ0n) is 10.9. The van der Waals surface area contributed by atoms with Gasteiger partial charge in [-0.25, -0.2) is 8.42 Å². The maximum absolute atomic E-state index is 11.6. The summed E-state index contributed by atoms with van der Waals surface area (Å²) in [6, 6.07) is 0. The van der Waals surface area contributed by atoms with E-state index in [0.29, 0.717) is 6.54 Å². The highest BCUT2D eigenvalue weighted by Gasteiger charge is 2.36. The summed E-state index contributed by atoms with van der Waals surface area (Å²) in [5.74, 6) is -0.0854. The van der Waals surface area contributed by atoms with E-state index in [1.54, 1.807) is 4.90 Å². The molecule has 106 valence electrons. The molecule has 0 saturated carbocycles. The van der Waals surface area contributed by atoms with Gasteiger partial charge in [-0.1, -0.05) is 39.0 Å². The van der Waals surface area contributed by atoms with Crippen LogP contribution in [0.15, 0.2) is 0 Å². The van der Waals surface area contributed by atoms with Crippen LogP contribution in [0.1, 0.15) is 51.9 Å². The van der Waals surface area contributed by atoms with Gasteiger partial charge >= 0.3 is 0 Å². The summed E-state index contributed by atoms with van der Waals surface area (Å²) >= 11 is 0. The Bertz CT molecular complexity index is 370. The van der Waals surface area contributed by atoms with E-state index in [1.807, 2.05) is 0 Å². The Labute approximate surface area is 114 Å². The van der Waals surface area contributed by atoms with E-state index in [1.165, 1.54) is 25.7 Å². The summed E-state index contributed by atoms with van der Waals surface area (Å²) in [5.41, 5.74) is 0. The average molecular weight is 296 g/mol. The normalized spacial score (nSPS) is 20.7. The van der Waals surface area contributed by atoms with Crippen LogP contribution in [0.4, 0.5) is 0 Å². The molecule has 1 atom stereocenters. The van der Waals surface area contributed by atoms with Crippen molar-refractivity contribution in [1.82, 2.24) is 4.90 Å².